The van der Waals surface area contributed by atoms with Gasteiger partial charge in [0.15, 0.2) is 0 Å². The van der Waals surface area contributed by atoms with E-state index >= 15 is 0 Å². The summed E-state index contributed by atoms with van der Waals surface area (Å²) in [4.78, 5) is 2.33. The van der Waals surface area contributed by atoms with E-state index in [1.807, 2.05) is 12.1 Å². The first-order chi connectivity index (χ1) is 7.69. The molecule has 0 amide bonds. The molecule has 1 aromatic carbocycles. The molecule has 1 fully saturated rings. The first kappa shape index (κ1) is 12.0. The Balaban J connectivity index is 1.97. The highest BCUT2D eigenvalue weighted by atomic mass is 79.9. The van der Waals surface area contributed by atoms with Crippen molar-refractivity contribution >= 4 is 15.9 Å². The fourth-order valence-electron chi connectivity index (χ4n) is 2.03. The van der Waals surface area contributed by atoms with E-state index in [1.165, 1.54) is 6.07 Å². The van der Waals surface area contributed by atoms with Crippen LogP contribution in [0.15, 0.2) is 22.7 Å². The standard InChI is InChI=1S/C12H15BrFNO/c1-16-10-4-5-15(8-10)7-9-2-3-12(14)11(13)6-9/h2-3,6,10H,4-5,7-8H2,1H3. The summed E-state index contributed by atoms with van der Waals surface area (Å²) in [6.45, 7) is 2.87. The molecule has 1 aliphatic heterocycles. The maximum Gasteiger partial charge on any atom is 0.137 e. The number of rotatable bonds is 3. The van der Waals surface area contributed by atoms with E-state index in [0.29, 0.717) is 10.6 Å². The van der Waals surface area contributed by atoms with Gasteiger partial charge in [0.2, 0.25) is 0 Å². The van der Waals surface area contributed by atoms with Gasteiger partial charge in [-0.3, -0.25) is 4.90 Å². The maximum atomic E-state index is 13.0. The van der Waals surface area contributed by atoms with Crippen LogP contribution in [0.2, 0.25) is 0 Å². The Morgan fingerprint density at radius 1 is 1.56 bits per heavy atom. The van der Waals surface area contributed by atoms with Crippen LogP contribution >= 0.6 is 15.9 Å². The van der Waals surface area contributed by atoms with E-state index in [0.717, 1.165) is 31.6 Å². The summed E-state index contributed by atoms with van der Waals surface area (Å²) in [7, 11) is 1.75. The van der Waals surface area contributed by atoms with Crippen LogP contribution in [0.4, 0.5) is 4.39 Å². The second-order valence-corrected chi connectivity index (χ2v) is 4.98. The molecule has 1 aromatic rings. The molecule has 0 aromatic heterocycles. The first-order valence-corrected chi connectivity index (χ1v) is 6.17. The third kappa shape index (κ3) is 2.81. The Labute approximate surface area is 104 Å². The normalized spacial score (nSPS) is 21.6. The van der Waals surface area contributed by atoms with Crippen molar-refractivity contribution < 1.29 is 9.13 Å². The van der Waals surface area contributed by atoms with E-state index in [2.05, 4.69) is 20.8 Å². The molecule has 0 radical (unpaired) electrons. The predicted octanol–water partition coefficient (Wildman–Crippen LogP) is 2.81. The summed E-state index contributed by atoms with van der Waals surface area (Å²) in [5.74, 6) is -0.208. The highest BCUT2D eigenvalue weighted by molar-refractivity contribution is 9.10. The minimum Gasteiger partial charge on any atom is -0.380 e. The lowest BCUT2D eigenvalue weighted by Crippen LogP contribution is -2.22. The van der Waals surface area contributed by atoms with Gasteiger partial charge in [-0.25, -0.2) is 4.39 Å². The zero-order valence-corrected chi connectivity index (χ0v) is 10.8. The Hall–Kier alpha value is -0.450. The van der Waals surface area contributed by atoms with Crippen molar-refractivity contribution in [3.8, 4) is 0 Å². The molecule has 16 heavy (non-hydrogen) atoms. The number of halogens is 2. The lowest BCUT2D eigenvalue weighted by molar-refractivity contribution is 0.107. The van der Waals surface area contributed by atoms with Gasteiger partial charge in [0.05, 0.1) is 10.6 Å². The van der Waals surface area contributed by atoms with Gasteiger partial charge in [0.1, 0.15) is 5.82 Å². The largest absolute Gasteiger partial charge is 0.380 e. The number of hydrogen-bond acceptors (Lipinski definition) is 2. The molecule has 1 aliphatic rings. The van der Waals surface area contributed by atoms with Crippen molar-refractivity contribution in [1.29, 1.82) is 0 Å². The molecule has 0 aliphatic carbocycles. The quantitative estimate of drug-likeness (QED) is 0.848. The first-order valence-electron chi connectivity index (χ1n) is 5.38. The topological polar surface area (TPSA) is 12.5 Å². The number of ether oxygens (including phenoxy) is 1. The van der Waals surface area contributed by atoms with E-state index < -0.39 is 0 Å². The van der Waals surface area contributed by atoms with E-state index in [-0.39, 0.29) is 5.82 Å². The number of methoxy groups -OCH3 is 1. The molecule has 88 valence electrons. The van der Waals surface area contributed by atoms with Crippen LogP contribution < -0.4 is 0 Å². The summed E-state index contributed by atoms with van der Waals surface area (Å²) in [5.41, 5.74) is 1.13. The molecule has 2 nitrogen and oxygen atoms in total. The fourth-order valence-corrected chi connectivity index (χ4v) is 2.46. The number of likely N-dealkylation sites (tertiary alicyclic amines) is 1. The van der Waals surface area contributed by atoms with Crippen LogP contribution in [0.5, 0.6) is 0 Å². The monoisotopic (exact) mass is 287 g/mol. The third-order valence-electron chi connectivity index (χ3n) is 2.95. The predicted molar refractivity (Wildman–Crippen MR) is 64.8 cm³/mol. The van der Waals surface area contributed by atoms with Crippen molar-refractivity contribution in [3.63, 3.8) is 0 Å². The van der Waals surface area contributed by atoms with Crippen molar-refractivity contribution in [2.24, 2.45) is 0 Å². The second-order valence-electron chi connectivity index (χ2n) is 4.13. The van der Waals surface area contributed by atoms with Crippen molar-refractivity contribution in [1.82, 2.24) is 4.90 Å². The minimum absolute atomic E-state index is 0.208. The van der Waals surface area contributed by atoms with E-state index in [4.69, 9.17) is 4.74 Å². The minimum atomic E-state index is -0.208. The highest BCUT2D eigenvalue weighted by Crippen LogP contribution is 2.20. The van der Waals surface area contributed by atoms with Gasteiger partial charge in [-0.15, -0.1) is 0 Å². The van der Waals surface area contributed by atoms with Gasteiger partial charge >= 0.3 is 0 Å². The van der Waals surface area contributed by atoms with Crippen LogP contribution in [-0.2, 0) is 11.3 Å². The van der Waals surface area contributed by atoms with Crippen molar-refractivity contribution in [2.75, 3.05) is 20.2 Å². The Morgan fingerprint density at radius 3 is 3.00 bits per heavy atom. The van der Waals surface area contributed by atoms with Gasteiger partial charge in [0, 0.05) is 26.7 Å². The lowest BCUT2D eigenvalue weighted by atomic mass is 10.2. The second kappa shape index (κ2) is 5.25. The Morgan fingerprint density at radius 2 is 2.38 bits per heavy atom. The summed E-state index contributed by atoms with van der Waals surface area (Å²) >= 11 is 3.20. The van der Waals surface area contributed by atoms with Gasteiger partial charge in [0.25, 0.3) is 0 Å². The summed E-state index contributed by atoms with van der Waals surface area (Å²) < 4.78 is 18.9. The molecule has 1 unspecified atom stereocenters. The van der Waals surface area contributed by atoms with Crippen LogP contribution in [0.1, 0.15) is 12.0 Å². The third-order valence-corrected chi connectivity index (χ3v) is 3.56. The molecule has 1 atom stereocenters. The molecule has 1 heterocycles. The molecule has 4 heteroatoms. The SMILES string of the molecule is COC1CCN(Cc2ccc(F)c(Br)c2)C1. The Kier molecular flexibility index (Phi) is 3.95. The smallest absolute Gasteiger partial charge is 0.137 e. The van der Waals surface area contributed by atoms with Crippen molar-refractivity contribution in [3.05, 3.63) is 34.1 Å². The fraction of sp³-hybridized carbons (Fsp3) is 0.500. The zero-order valence-electron chi connectivity index (χ0n) is 9.25. The van der Waals surface area contributed by atoms with Gasteiger partial charge < -0.3 is 4.74 Å². The van der Waals surface area contributed by atoms with Crippen LogP contribution in [0.3, 0.4) is 0 Å². The molecule has 0 spiro atoms. The molecular weight excluding hydrogens is 273 g/mol. The summed E-state index contributed by atoms with van der Waals surface area (Å²) in [5, 5.41) is 0. The molecule has 2 rings (SSSR count). The van der Waals surface area contributed by atoms with Crippen molar-refractivity contribution in [2.45, 2.75) is 19.1 Å². The lowest BCUT2D eigenvalue weighted by Gasteiger charge is -2.15. The molecule has 0 N–H and O–H groups in total. The van der Waals surface area contributed by atoms with Crippen LogP contribution in [0.25, 0.3) is 0 Å². The maximum absolute atomic E-state index is 13.0. The molecule has 1 saturated heterocycles. The Bertz CT molecular complexity index is 372. The summed E-state index contributed by atoms with van der Waals surface area (Å²) in [6, 6.07) is 5.18. The zero-order chi connectivity index (χ0) is 11.5. The van der Waals surface area contributed by atoms with Gasteiger partial charge in [-0.05, 0) is 40.0 Å². The average molecular weight is 288 g/mol. The van der Waals surface area contributed by atoms with E-state index in [9.17, 15) is 4.39 Å². The van der Waals surface area contributed by atoms with E-state index in [1.54, 1.807) is 7.11 Å². The molecule has 0 bridgehead atoms. The number of hydrogen-bond donors (Lipinski definition) is 0. The van der Waals surface area contributed by atoms with Crippen LogP contribution in [0, 0.1) is 5.82 Å². The van der Waals surface area contributed by atoms with Gasteiger partial charge in [-0.2, -0.15) is 0 Å². The van der Waals surface area contributed by atoms with Gasteiger partial charge in [-0.1, -0.05) is 6.07 Å². The number of nitrogens with zero attached hydrogens (tertiary/aromatic N) is 1. The highest BCUT2D eigenvalue weighted by Gasteiger charge is 2.21. The van der Waals surface area contributed by atoms with Crippen LogP contribution in [-0.4, -0.2) is 31.2 Å². The molecule has 0 saturated carbocycles. The number of benzene rings is 1. The molecular formula is C12H15BrFNO. The summed E-state index contributed by atoms with van der Waals surface area (Å²) in [6.07, 6.45) is 1.43. The average Bonchev–Trinajstić information content (AvgIpc) is 2.71.